The molecule has 0 fully saturated rings. The molecule has 4 rings (SSSR count). The van der Waals surface area contributed by atoms with Gasteiger partial charge in [-0.2, -0.15) is 0 Å². The van der Waals surface area contributed by atoms with E-state index in [4.69, 9.17) is 0 Å². The van der Waals surface area contributed by atoms with Crippen LogP contribution in [-0.2, 0) is 6.42 Å². The zero-order valence-electron chi connectivity index (χ0n) is 9.78. The van der Waals surface area contributed by atoms with Gasteiger partial charge < -0.3 is 0 Å². The van der Waals surface area contributed by atoms with Crippen LogP contribution < -0.4 is 0 Å². The fraction of sp³-hybridized carbons (Fsp3) is 0.0588. The van der Waals surface area contributed by atoms with E-state index in [0.717, 1.165) is 6.42 Å². The maximum Gasteiger partial charge on any atom is 0.0216 e. The lowest BCUT2D eigenvalue weighted by Gasteiger charge is -2.04. The molecule has 1 aliphatic carbocycles. The lowest BCUT2D eigenvalue weighted by atomic mass is 10.0. The molecule has 0 aliphatic heterocycles. The smallest absolute Gasteiger partial charge is 0.0216 e. The topological polar surface area (TPSA) is 0 Å². The predicted molar refractivity (Wildman–Crippen MR) is 79.9 cm³/mol. The van der Waals surface area contributed by atoms with E-state index in [9.17, 15) is 0 Å². The summed E-state index contributed by atoms with van der Waals surface area (Å²) in [6.45, 7) is 0. The van der Waals surface area contributed by atoms with Gasteiger partial charge in [0.2, 0.25) is 0 Å². The molecule has 0 atom stereocenters. The Morgan fingerprint density at radius 1 is 0.778 bits per heavy atom. The SMILES string of the molecule is Brc1cccc2c1Cc1cc3ccccc3cc1-2. The van der Waals surface area contributed by atoms with Crippen LogP contribution in [0.4, 0.5) is 0 Å². The molecule has 0 N–H and O–H groups in total. The van der Waals surface area contributed by atoms with E-state index in [0.29, 0.717) is 0 Å². The Labute approximate surface area is 114 Å². The van der Waals surface area contributed by atoms with Crippen LogP contribution in [0.1, 0.15) is 11.1 Å². The minimum Gasteiger partial charge on any atom is -0.0616 e. The van der Waals surface area contributed by atoms with Crippen molar-refractivity contribution in [2.24, 2.45) is 0 Å². The van der Waals surface area contributed by atoms with E-state index in [2.05, 4.69) is 70.5 Å². The highest BCUT2D eigenvalue weighted by Gasteiger charge is 2.20. The minimum atomic E-state index is 1.04. The zero-order valence-corrected chi connectivity index (χ0v) is 11.4. The van der Waals surface area contributed by atoms with Crippen LogP contribution in [0.2, 0.25) is 0 Å². The van der Waals surface area contributed by atoms with Crippen molar-refractivity contribution < 1.29 is 0 Å². The van der Waals surface area contributed by atoms with E-state index < -0.39 is 0 Å². The van der Waals surface area contributed by atoms with Gasteiger partial charge in [0.05, 0.1) is 0 Å². The van der Waals surface area contributed by atoms with Gasteiger partial charge in [-0.1, -0.05) is 58.4 Å². The summed E-state index contributed by atoms with van der Waals surface area (Å²) in [4.78, 5) is 0. The van der Waals surface area contributed by atoms with Gasteiger partial charge in [-0.25, -0.2) is 0 Å². The predicted octanol–water partition coefficient (Wildman–Crippen LogP) is 5.17. The van der Waals surface area contributed by atoms with Crippen molar-refractivity contribution in [1.82, 2.24) is 0 Å². The number of benzene rings is 3. The highest BCUT2D eigenvalue weighted by Crippen LogP contribution is 2.41. The molecule has 0 amide bonds. The lowest BCUT2D eigenvalue weighted by Crippen LogP contribution is -1.82. The molecule has 0 nitrogen and oxygen atoms in total. The summed E-state index contributed by atoms with van der Waals surface area (Å²) in [5, 5.41) is 2.66. The van der Waals surface area contributed by atoms with Crippen LogP contribution in [-0.4, -0.2) is 0 Å². The third-order valence-electron chi connectivity index (χ3n) is 3.75. The molecule has 1 heteroatoms. The second-order valence-corrected chi connectivity index (χ2v) is 5.65. The van der Waals surface area contributed by atoms with Gasteiger partial charge in [0, 0.05) is 4.47 Å². The van der Waals surface area contributed by atoms with Gasteiger partial charge in [0.15, 0.2) is 0 Å². The molecule has 0 spiro atoms. The normalized spacial score (nSPS) is 12.5. The number of rotatable bonds is 0. The molecule has 1 aliphatic rings. The summed E-state index contributed by atoms with van der Waals surface area (Å²) in [5.41, 5.74) is 5.63. The molecular formula is C17H11Br. The number of halogens is 1. The summed E-state index contributed by atoms with van der Waals surface area (Å²) in [6.07, 6.45) is 1.04. The third kappa shape index (κ3) is 1.37. The van der Waals surface area contributed by atoms with E-state index in [1.165, 1.54) is 37.5 Å². The van der Waals surface area contributed by atoms with Gasteiger partial charge in [-0.15, -0.1) is 0 Å². The molecule has 3 aromatic rings. The van der Waals surface area contributed by atoms with Crippen molar-refractivity contribution in [3.63, 3.8) is 0 Å². The Bertz CT molecular complexity index is 772. The van der Waals surface area contributed by atoms with Crippen LogP contribution in [0.3, 0.4) is 0 Å². The standard InChI is InChI=1S/C17H11Br/c18-17-7-3-6-14-15-9-12-5-2-1-4-11(12)8-13(15)10-16(14)17/h1-9H,10H2. The molecule has 0 saturated heterocycles. The summed E-state index contributed by atoms with van der Waals surface area (Å²) in [6, 6.07) is 19.7. The fourth-order valence-corrected chi connectivity index (χ4v) is 3.37. The summed E-state index contributed by atoms with van der Waals surface area (Å²) >= 11 is 3.66. The monoisotopic (exact) mass is 294 g/mol. The van der Waals surface area contributed by atoms with Crippen LogP contribution in [0.15, 0.2) is 59.1 Å². The average Bonchev–Trinajstić information content (AvgIpc) is 2.76. The van der Waals surface area contributed by atoms with Crippen LogP contribution >= 0.6 is 15.9 Å². The van der Waals surface area contributed by atoms with Crippen molar-refractivity contribution in [2.75, 3.05) is 0 Å². The lowest BCUT2D eigenvalue weighted by molar-refractivity contribution is 1.25. The Hall–Kier alpha value is -1.60. The van der Waals surface area contributed by atoms with Crippen LogP contribution in [0.5, 0.6) is 0 Å². The minimum absolute atomic E-state index is 1.04. The molecule has 0 radical (unpaired) electrons. The van der Waals surface area contributed by atoms with Gasteiger partial charge in [0.1, 0.15) is 0 Å². The third-order valence-corrected chi connectivity index (χ3v) is 4.49. The molecule has 0 bridgehead atoms. The molecule has 0 unspecified atom stereocenters. The molecule has 3 aromatic carbocycles. The maximum atomic E-state index is 3.66. The maximum absolute atomic E-state index is 3.66. The first kappa shape index (κ1) is 10.3. The summed E-state index contributed by atoms with van der Waals surface area (Å²) < 4.78 is 1.22. The molecular weight excluding hydrogens is 284 g/mol. The van der Waals surface area contributed by atoms with Gasteiger partial charge in [0.25, 0.3) is 0 Å². The van der Waals surface area contributed by atoms with Crippen molar-refractivity contribution >= 4 is 26.7 Å². The molecule has 0 aromatic heterocycles. The summed E-state index contributed by atoms with van der Waals surface area (Å²) in [7, 11) is 0. The van der Waals surface area contributed by atoms with Crippen molar-refractivity contribution in [3.8, 4) is 11.1 Å². The van der Waals surface area contributed by atoms with E-state index in [-0.39, 0.29) is 0 Å². The number of fused-ring (bicyclic) bond motifs is 4. The van der Waals surface area contributed by atoms with Gasteiger partial charge >= 0.3 is 0 Å². The largest absolute Gasteiger partial charge is 0.0616 e. The molecule has 0 saturated carbocycles. The average molecular weight is 295 g/mol. The quantitative estimate of drug-likeness (QED) is 0.419. The first-order chi connectivity index (χ1) is 8.83. The molecule has 86 valence electrons. The van der Waals surface area contributed by atoms with Gasteiger partial charge in [-0.05, 0) is 51.6 Å². The van der Waals surface area contributed by atoms with Crippen LogP contribution in [0.25, 0.3) is 21.9 Å². The Balaban J connectivity index is 2.06. The molecule has 0 heterocycles. The Morgan fingerprint density at radius 2 is 1.56 bits per heavy atom. The van der Waals surface area contributed by atoms with Gasteiger partial charge in [-0.3, -0.25) is 0 Å². The van der Waals surface area contributed by atoms with E-state index in [1.807, 2.05) is 0 Å². The van der Waals surface area contributed by atoms with Crippen molar-refractivity contribution in [2.45, 2.75) is 6.42 Å². The fourth-order valence-electron chi connectivity index (χ4n) is 2.87. The first-order valence-electron chi connectivity index (χ1n) is 6.12. The highest BCUT2D eigenvalue weighted by molar-refractivity contribution is 9.10. The Morgan fingerprint density at radius 3 is 2.39 bits per heavy atom. The summed E-state index contributed by atoms with van der Waals surface area (Å²) in [5.74, 6) is 0. The molecule has 18 heavy (non-hydrogen) atoms. The van der Waals surface area contributed by atoms with E-state index in [1.54, 1.807) is 0 Å². The Kier molecular flexibility index (Phi) is 2.12. The number of hydrogen-bond donors (Lipinski definition) is 0. The van der Waals surface area contributed by atoms with Crippen molar-refractivity contribution in [3.05, 3.63) is 70.2 Å². The van der Waals surface area contributed by atoms with E-state index >= 15 is 0 Å². The second-order valence-electron chi connectivity index (χ2n) is 4.80. The highest BCUT2D eigenvalue weighted by atomic mass is 79.9. The van der Waals surface area contributed by atoms with Crippen molar-refractivity contribution in [1.29, 1.82) is 0 Å². The second kappa shape index (κ2) is 3.69. The first-order valence-corrected chi connectivity index (χ1v) is 6.92. The zero-order chi connectivity index (χ0) is 12.1. The van der Waals surface area contributed by atoms with Crippen LogP contribution in [0, 0.1) is 0 Å². The number of hydrogen-bond acceptors (Lipinski definition) is 0.